The average molecular weight is 231 g/mol. The Morgan fingerprint density at radius 3 is 2.65 bits per heavy atom. The van der Waals surface area contributed by atoms with Gasteiger partial charge in [0.2, 0.25) is 0 Å². The molecule has 0 amide bonds. The first-order valence-corrected chi connectivity index (χ1v) is 5.12. The van der Waals surface area contributed by atoms with Crippen LogP contribution in [0.3, 0.4) is 0 Å². The molecule has 2 aromatic rings. The SMILES string of the molecule is NCCN(c1cnccn1)c1cc(N)ncn1. The lowest BCUT2D eigenvalue weighted by atomic mass is 10.4. The van der Waals surface area contributed by atoms with E-state index in [0.29, 0.717) is 30.5 Å². The van der Waals surface area contributed by atoms with Gasteiger partial charge in [-0.05, 0) is 0 Å². The predicted molar refractivity (Wildman–Crippen MR) is 64.5 cm³/mol. The van der Waals surface area contributed by atoms with E-state index in [0.717, 1.165) is 0 Å². The summed E-state index contributed by atoms with van der Waals surface area (Å²) in [4.78, 5) is 18.1. The lowest BCUT2D eigenvalue weighted by Gasteiger charge is -2.21. The monoisotopic (exact) mass is 231 g/mol. The van der Waals surface area contributed by atoms with Crippen molar-refractivity contribution in [3.8, 4) is 0 Å². The van der Waals surface area contributed by atoms with E-state index < -0.39 is 0 Å². The van der Waals surface area contributed by atoms with Crippen molar-refractivity contribution in [2.45, 2.75) is 0 Å². The number of hydrogen-bond acceptors (Lipinski definition) is 7. The molecule has 0 aliphatic rings. The van der Waals surface area contributed by atoms with Gasteiger partial charge in [0.1, 0.15) is 18.0 Å². The van der Waals surface area contributed by atoms with Crippen LogP contribution < -0.4 is 16.4 Å². The van der Waals surface area contributed by atoms with Gasteiger partial charge < -0.3 is 16.4 Å². The second kappa shape index (κ2) is 5.17. The molecule has 4 N–H and O–H groups in total. The maximum absolute atomic E-state index is 5.63. The first-order valence-electron chi connectivity index (χ1n) is 5.12. The summed E-state index contributed by atoms with van der Waals surface area (Å²) >= 11 is 0. The molecule has 17 heavy (non-hydrogen) atoms. The quantitative estimate of drug-likeness (QED) is 0.759. The van der Waals surface area contributed by atoms with Gasteiger partial charge >= 0.3 is 0 Å². The van der Waals surface area contributed by atoms with Gasteiger partial charge in [0.05, 0.1) is 6.20 Å². The normalized spacial score (nSPS) is 10.2. The van der Waals surface area contributed by atoms with E-state index in [2.05, 4.69) is 19.9 Å². The number of anilines is 3. The van der Waals surface area contributed by atoms with E-state index >= 15 is 0 Å². The summed E-state index contributed by atoms with van der Waals surface area (Å²) in [5.41, 5.74) is 11.2. The number of nitrogens with two attached hydrogens (primary N) is 2. The predicted octanol–water partition coefficient (Wildman–Crippen LogP) is -0.0544. The van der Waals surface area contributed by atoms with Gasteiger partial charge in [-0.25, -0.2) is 15.0 Å². The fourth-order valence-corrected chi connectivity index (χ4v) is 1.42. The molecular weight excluding hydrogens is 218 g/mol. The molecule has 0 atom stereocenters. The molecule has 0 unspecified atom stereocenters. The molecule has 0 fully saturated rings. The van der Waals surface area contributed by atoms with E-state index in [-0.39, 0.29) is 0 Å². The Labute approximate surface area is 98.5 Å². The first kappa shape index (κ1) is 11.2. The standard InChI is InChI=1S/C10H13N7/c11-1-4-17(10-6-13-2-3-14-10)9-5-8(12)15-7-16-9/h2-3,5-7H,1,4,11H2,(H2,12,15,16). The highest BCUT2D eigenvalue weighted by molar-refractivity contribution is 5.57. The van der Waals surface area contributed by atoms with Crippen molar-refractivity contribution in [1.29, 1.82) is 0 Å². The van der Waals surface area contributed by atoms with Crippen LogP contribution in [0.5, 0.6) is 0 Å². The highest BCUT2D eigenvalue weighted by atomic mass is 15.2. The molecule has 0 aliphatic heterocycles. The zero-order valence-electron chi connectivity index (χ0n) is 9.19. The van der Waals surface area contributed by atoms with Crippen molar-refractivity contribution >= 4 is 17.5 Å². The van der Waals surface area contributed by atoms with Crippen molar-refractivity contribution in [1.82, 2.24) is 19.9 Å². The fourth-order valence-electron chi connectivity index (χ4n) is 1.42. The third-order valence-electron chi connectivity index (χ3n) is 2.13. The van der Waals surface area contributed by atoms with E-state index in [4.69, 9.17) is 11.5 Å². The Hall–Kier alpha value is -2.28. The molecule has 0 aromatic carbocycles. The highest BCUT2D eigenvalue weighted by Gasteiger charge is 2.11. The van der Waals surface area contributed by atoms with Crippen LogP contribution in [0.15, 0.2) is 31.0 Å². The Morgan fingerprint density at radius 2 is 2.00 bits per heavy atom. The summed E-state index contributed by atoms with van der Waals surface area (Å²) in [5, 5.41) is 0. The van der Waals surface area contributed by atoms with Crippen LogP contribution in [-0.2, 0) is 0 Å². The zero-order valence-corrected chi connectivity index (χ0v) is 9.19. The fraction of sp³-hybridized carbons (Fsp3) is 0.200. The van der Waals surface area contributed by atoms with Gasteiger partial charge in [0.15, 0.2) is 5.82 Å². The highest BCUT2D eigenvalue weighted by Crippen LogP contribution is 2.20. The molecule has 7 heteroatoms. The van der Waals surface area contributed by atoms with Crippen LogP contribution in [0.4, 0.5) is 17.5 Å². The van der Waals surface area contributed by atoms with Crippen LogP contribution in [-0.4, -0.2) is 33.0 Å². The van der Waals surface area contributed by atoms with Crippen molar-refractivity contribution < 1.29 is 0 Å². The number of nitrogens with zero attached hydrogens (tertiary/aromatic N) is 5. The third kappa shape index (κ3) is 2.64. The van der Waals surface area contributed by atoms with Crippen LogP contribution in [0.1, 0.15) is 0 Å². The molecule has 0 bridgehead atoms. The van der Waals surface area contributed by atoms with Gasteiger partial charge in [-0.1, -0.05) is 0 Å². The maximum Gasteiger partial charge on any atom is 0.152 e. The Kier molecular flexibility index (Phi) is 3.41. The summed E-state index contributed by atoms with van der Waals surface area (Å²) in [5.74, 6) is 1.74. The van der Waals surface area contributed by atoms with Crippen molar-refractivity contribution in [3.05, 3.63) is 31.0 Å². The van der Waals surface area contributed by atoms with Crippen LogP contribution in [0.25, 0.3) is 0 Å². The average Bonchev–Trinajstić information content (AvgIpc) is 2.37. The van der Waals surface area contributed by atoms with Crippen LogP contribution in [0, 0.1) is 0 Å². The Balaban J connectivity index is 2.35. The molecule has 88 valence electrons. The number of hydrogen-bond donors (Lipinski definition) is 2. The zero-order chi connectivity index (χ0) is 12.1. The van der Waals surface area contributed by atoms with Crippen molar-refractivity contribution in [3.63, 3.8) is 0 Å². The minimum Gasteiger partial charge on any atom is -0.384 e. The molecule has 0 spiro atoms. The number of aromatic nitrogens is 4. The van der Waals surface area contributed by atoms with E-state index in [1.165, 1.54) is 6.33 Å². The van der Waals surface area contributed by atoms with Crippen molar-refractivity contribution in [2.24, 2.45) is 5.73 Å². The van der Waals surface area contributed by atoms with Gasteiger partial charge in [-0.15, -0.1) is 0 Å². The lowest BCUT2D eigenvalue weighted by Crippen LogP contribution is -2.26. The first-order chi connectivity index (χ1) is 8.31. The second-order valence-electron chi connectivity index (χ2n) is 3.30. The Bertz CT molecular complexity index is 473. The van der Waals surface area contributed by atoms with Crippen molar-refractivity contribution in [2.75, 3.05) is 23.7 Å². The minimum absolute atomic E-state index is 0.404. The summed E-state index contributed by atoms with van der Waals surface area (Å²) in [7, 11) is 0. The van der Waals surface area contributed by atoms with Gasteiger partial charge in [-0.3, -0.25) is 4.98 Å². The molecular formula is C10H13N7. The topological polar surface area (TPSA) is 107 Å². The molecule has 2 heterocycles. The molecule has 2 rings (SSSR count). The van der Waals surface area contributed by atoms with E-state index in [9.17, 15) is 0 Å². The van der Waals surface area contributed by atoms with E-state index in [1.807, 2.05) is 4.90 Å². The molecule has 2 aromatic heterocycles. The number of rotatable bonds is 4. The maximum atomic E-state index is 5.63. The lowest BCUT2D eigenvalue weighted by molar-refractivity contribution is 0.880. The number of nitrogen functional groups attached to an aromatic ring is 1. The summed E-state index contributed by atoms with van der Waals surface area (Å²) in [6, 6.07) is 1.67. The van der Waals surface area contributed by atoms with E-state index in [1.54, 1.807) is 24.7 Å². The second-order valence-corrected chi connectivity index (χ2v) is 3.30. The van der Waals surface area contributed by atoms with Crippen LogP contribution >= 0.6 is 0 Å². The molecule has 0 radical (unpaired) electrons. The Morgan fingerprint density at radius 1 is 1.12 bits per heavy atom. The molecule has 0 saturated heterocycles. The molecule has 7 nitrogen and oxygen atoms in total. The smallest absolute Gasteiger partial charge is 0.152 e. The third-order valence-corrected chi connectivity index (χ3v) is 2.13. The van der Waals surface area contributed by atoms with Gasteiger partial charge in [-0.2, -0.15) is 0 Å². The van der Waals surface area contributed by atoms with Crippen LogP contribution in [0.2, 0.25) is 0 Å². The molecule has 0 aliphatic carbocycles. The molecule has 0 saturated carbocycles. The largest absolute Gasteiger partial charge is 0.384 e. The van der Waals surface area contributed by atoms with Gasteiger partial charge in [0.25, 0.3) is 0 Å². The van der Waals surface area contributed by atoms with Gasteiger partial charge in [0, 0.05) is 31.5 Å². The summed E-state index contributed by atoms with van der Waals surface area (Å²) in [6.45, 7) is 1.05. The summed E-state index contributed by atoms with van der Waals surface area (Å²) < 4.78 is 0. The summed E-state index contributed by atoms with van der Waals surface area (Å²) in [6.07, 6.45) is 6.28. The minimum atomic E-state index is 0.404.